The average Bonchev–Trinajstić information content (AvgIpc) is 2.43. The van der Waals surface area contributed by atoms with Crippen molar-refractivity contribution in [2.75, 3.05) is 13.6 Å². The van der Waals surface area contributed by atoms with Crippen LogP contribution in [0.1, 0.15) is 25.8 Å². The maximum Gasteiger partial charge on any atom is 0.239 e. The highest BCUT2D eigenvalue weighted by molar-refractivity contribution is 6.30. The Labute approximate surface area is 120 Å². The molecule has 0 aliphatic rings. The van der Waals surface area contributed by atoms with Gasteiger partial charge in [-0.2, -0.15) is 0 Å². The fourth-order valence-corrected chi connectivity index (χ4v) is 1.94. The second kappa shape index (κ2) is 7.51. The first-order valence-electron chi connectivity index (χ1n) is 6.70. The van der Waals surface area contributed by atoms with Crippen LogP contribution in [0.15, 0.2) is 24.3 Å². The smallest absolute Gasteiger partial charge is 0.239 e. The van der Waals surface area contributed by atoms with Gasteiger partial charge in [-0.25, -0.2) is 0 Å². The Morgan fingerprint density at radius 1 is 1.37 bits per heavy atom. The number of nitrogens with two attached hydrogens (primary N) is 1. The number of hydrogen-bond acceptors (Lipinski definition) is 2. The Hall–Kier alpha value is -1.06. The number of carbonyl (C=O) groups is 1. The van der Waals surface area contributed by atoms with Crippen LogP contribution in [0, 0.1) is 5.92 Å². The number of hydrogen-bond donors (Lipinski definition) is 1. The minimum Gasteiger partial charge on any atom is -0.344 e. The van der Waals surface area contributed by atoms with Gasteiger partial charge in [0.05, 0.1) is 6.04 Å². The lowest BCUT2D eigenvalue weighted by Gasteiger charge is -2.24. The first-order valence-corrected chi connectivity index (χ1v) is 7.08. The zero-order valence-corrected chi connectivity index (χ0v) is 12.7. The summed E-state index contributed by atoms with van der Waals surface area (Å²) in [5.41, 5.74) is 7.12. The molecule has 0 aromatic heterocycles. The maximum atomic E-state index is 12.1. The summed E-state index contributed by atoms with van der Waals surface area (Å²) < 4.78 is 0. The molecule has 0 spiro atoms. The Bertz CT molecular complexity index is 405. The Balaban J connectivity index is 2.48. The van der Waals surface area contributed by atoms with Crippen LogP contribution in [-0.4, -0.2) is 30.4 Å². The lowest BCUT2D eigenvalue weighted by atomic mass is 9.99. The van der Waals surface area contributed by atoms with Crippen LogP contribution in [0.4, 0.5) is 0 Å². The zero-order chi connectivity index (χ0) is 14.4. The standard InChI is InChI=1S/C15H23ClN2O/c1-4-11(2)14(17)15(19)18(3)10-9-12-5-7-13(16)8-6-12/h5-8,11,14H,4,9-10,17H2,1-3H3. The number of nitrogens with zero attached hydrogens (tertiary/aromatic N) is 1. The third kappa shape index (κ3) is 4.84. The first-order chi connectivity index (χ1) is 8.95. The van der Waals surface area contributed by atoms with Gasteiger partial charge in [0, 0.05) is 18.6 Å². The molecule has 0 heterocycles. The summed E-state index contributed by atoms with van der Waals surface area (Å²) in [6, 6.07) is 7.29. The van der Waals surface area contributed by atoms with Gasteiger partial charge in [0.25, 0.3) is 0 Å². The van der Waals surface area contributed by atoms with Crippen molar-refractivity contribution in [2.24, 2.45) is 11.7 Å². The van der Waals surface area contributed by atoms with Gasteiger partial charge in [-0.15, -0.1) is 0 Å². The SMILES string of the molecule is CCC(C)C(N)C(=O)N(C)CCc1ccc(Cl)cc1. The third-order valence-corrected chi connectivity index (χ3v) is 3.82. The summed E-state index contributed by atoms with van der Waals surface area (Å²) >= 11 is 5.84. The number of rotatable bonds is 6. The van der Waals surface area contributed by atoms with Gasteiger partial charge in [0.15, 0.2) is 0 Å². The molecule has 0 aliphatic heterocycles. The fraction of sp³-hybridized carbons (Fsp3) is 0.533. The van der Waals surface area contributed by atoms with E-state index in [2.05, 4.69) is 0 Å². The van der Waals surface area contributed by atoms with Crippen LogP contribution in [0.2, 0.25) is 5.02 Å². The molecule has 0 fully saturated rings. The predicted octanol–water partition coefficient (Wildman–Crippen LogP) is 2.71. The lowest BCUT2D eigenvalue weighted by Crippen LogP contribution is -2.46. The van der Waals surface area contributed by atoms with E-state index in [1.807, 2.05) is 38.1 Å². The molecular formula is C15H23ClN2O. The number of carbonyl (C=O) groups excluding carboxylic acids is 1. The lowest BCUT2D eigenvalue weighted by molar-refractivity contribution is -0.132. The van der Waals surface area contributed by atoms with Crippen LogP contribution in [0.5, 0.6) is 0 Å². The normalized spacial score (nSPS) is 13.9. The monoisotopic (exact) mass is 282 g/mol. The second-order valence-corrected chi connectivity index (χ2v) is 5.48. The van der Waals surface area contributed by atoms with Crippen molar-refractivity contribution in [3.05, 3.63) is 34.9 Å². The topological polar surface area (TPSA) is 46.3 Å². The zero-order valence-electron chi connectivity index (χ0n) is 11.9. The van der Waals surface area contributed by atoms with Crippen LogP contribution in [-0.2, 0) is 11.2 Å². The number of amides is 1. The highest BCUT2D eigenvalue weighted by atomic mass is 35.5. The van der Waals surface area contributed by atoms with E-state index in [0.717, 1.165) is 17.9 Å². The highest BCUT2D eigenvalue weighted by Gasteiger charge is 2.22. The Morgan fingerprint density at radius 3 is 2.47 bits per heavy atom. The Morgan fingerprint density at radius 2 is 1.95 bits per heavy atom. The minimum absolute atomic E-state index is 0.0170. The van der Waals surface area contributed by atoms with Crippen LogP contribution in [0.25, 0.3) is 0 Å². The van der Waals surface area contributed by atoms with Crippen molar-refractivity contribution < 1.29 is 4.79 Å². The van der Waals surface area contributed by atoms with Crippen molar-refractivity contribution in [3.63, 3.8) is 0 Å². The summed E-state index contributed by atoms with van der Waals surface area (Å²) in [7, 11) is 1.81. The van der Waals surface area contributed by atoms with Gasteiger partial charge in [-0.05, 0) is 30.0 Å². The molecule has 2 unspecified atom stereocenters. The predicted molar refractivity (Wildman–Crippen MR) is 80.2 cm³/mol. The Kier molecular flexibility index (Phi) is 6.32. The molecule has 1 aromatic rings. The van der Waals surface area contributed by atoms with E-state index in [1.165, 1.54) is 5.56 Å². The van der Waals surface area contributed by atoms with Gasteiger partial charge in [0.2, 0.25) is 5.91 Å². The van der Waals surface area contributed by atoms with E-state index < -0.39 is 6.04 Å². The molecule has 1 rings (SSSR count). The number of likely N-dealkylation sites (N-methyl/N-ethyl adjacent to an activating group) is 1. The van der Waals surface area contributed by atoms with E-state index in [4.69, 9.17) is 17.3 Å². The van der Waals surface area contributed by atoms with Gasteiger partial charge in [0.1, 0.15) is 0 Å². The molecule has 1 aromatic carbocycles. The van der Waals surface area contributed by atoms with Gasteiger partial charge >= 0.3 is 0 Å². The fourth-order valence-electron chi connectivity index (χ4n) is 1.81. The quantitative estimate of drug-likeness (QED) is 0.872. The van der Waals surface area contributed by atoms with E-state index in [-0.39, 0.29) is 11.8 Å². The summed E-state index contributed by atoms with van der Waals surface area (Å²) in [6.07, 6.45) is 1.73. The molecule has 0 bridgehead atoms. The molecule has 2 N–H and O–H groups in total. The van der Waals surface area contributed by atoms with Gasteiger partial charge in [-0.3, -0.25) is 4.79 Å². The molecule has 1 amide bonds. The first kappa shape index (κ1) is 16.0. The molecule has 3 nitrogen and oxygen atoms in total. The molecule has 0 radical (unpaired) electrons. The van der Waals surface area contributed by atoms with Crippen LogP contribution >= 0.6 is 11.6 Å². The van der Waals surface area contributed by atoms with Gasteiger partial charge in [-0.1, -0.05) is 44.0 Å². The summed E-state index contributed by atoms with van der Waals surface area (Å²) in [5, 5.41) is 0.729. The van der Waals surface area contributed by atoms with Crippen molar-refractivity contribution in [1.82, 2.24) is 4.90 Å². The molecule has 2 atom stereocenters. The van der Waals surface area contributed by atoms with Crippen molar-refractivity contribution in [3.8, 4) is 0 Å². The van der Waals surface area contributed by atoms with E-state index in [0.29, 0.717) is 6.54 Å². The van der Waals surface area contributed by atoms with Crippen molar-refractivity contribution >= 4 is 17.5 Å². The summed E-state index contributed by atoms with van der Waals surface area (Å²) in [5.74, 6) is 0.230. The number of halogens is 1. The molecule has 0 saturated heterocycles. The summed E-state index contributed by atoms with van der Waals surface area (Å²) in [6.45, 7) is 4.73. The van der Waals surface area contributed by atoms with E-state index in [9.17, 15) is 4.79 Å². The third-order valence-electron chi connectivity index (χ3n) is 3.57. The van der Waals surface area contributed by atoms with Crippen LogP contribution < -0.4 is 5.73 Å². The highest BCUT2D eigenvalue weighted by Crippen LogP contribution is 2.11. The average molecular weight is 283 g/mol. The molecular weight excluding hydrogens is 260 g/mol. The largest absolute Gasteiger partial charge is 0.344 e. The van der Waals surface area contributed by atoms with E-state index >= 15 is 0 Å². The molecule has 0 saturated carbocycles. The molecule has 4 heteroatoms. The summed E-state index contributed by atoms with van der Waals surface area (Å²) in [4.78, 5) is 13.8. The maximum absolute atomic E-state index is 12.1. The molecule has 106 valence electrons. The molecule has 19 heavy (non-hydrogen) atoms. The number of benzene rings is 1. The van der Waals surface area contributed by atoms with Crippen molar-refractivity contribution in [1.29, 1.82) is 0 Å². The minimum atomic E-state index is -0.403. The van der Waals surface area contributed by atoms with Crippen LogP contribution in [0.3, 0.4) is 0 Å². The molecule has 0 aliphatic carbocycles. The van der Waals surface area contributed by atoms with Crippen molar-refractivity contribution in [2.45, 2.75) is 32.7 Å². The second-order valence-electron chi connectivity index (χ2n) is 5.05. The van der Waals surface area contributed by atoms with Gasteiger partial charge < -0.3 is 10.6 Å². The van der Waals surface area contributed by atoms with E-state index in [1.54, 1.807) is 11.9 Å².